The van der Waals surface area contributed by atoms with E-state index in [9.17, 15) is 8.42 Å². The van der Waals surface area contributed by atoms with E-state index in [1.54, 1.807) is 6.08 Å². The lowest BCUT2D eigenvalue weighted by atomic mass is 9.98. The Labute approximate surface area is 130 Å². The normalized spacial score (nSPS) is 13.9. The van der Waals surface area contributed by atoms with Gasteiger partial charge in [0.1, 0.15) is 0 Å². The highest BCUT2D eigenvalue weighted by Crippen LogP contribution is 2.19. The molecule has 0 aliphatic carbocycles. The molecule has 0 amide bonds. The Morgan fingerprint density at radius 1 is 1.32 bits per heavy atom. The highest BCUT2D eigenvalue weighted by atomic mass is 127. The van der Waals surface area contributed by atoms with Crippen LogP contribution in [0, 0.1) is 5.92 Å². The Bertz CT molecular complexity index is 460. The van der Waals surface area contributed by atoms with Gasteiger partial charge in [0.15, 0.2) is 0 Å². The molecule has 0 bridgehead atoms. The molecule has 0 aromatic heterocycles. The maximum absolute atomic E-state index is 11.6. The van der Waals surface area contributed by atoms with Crippen molar-refractivity contribution in [2.24, 2.45) is 11.1 Å². The molecule has 1 aromatic carbocycles. The van der Waals surface area contributed by atoms with Gasteiger partial charge in [-0.3, -0.25) is 0 Å². The van der Waals surface area contributed by atoms with Crippen LogP contribution < -0.4 is 5.14 Å². The van der Waals surface area contributed by atoms with E-state index in [-0.39, 0.29) is 5.92 Å². The molecule has 0 aliphatic heterocycles. The molecule has 3 nitrogen and oxygen atoms in total. The summed E-state index contributed by atoms with van der Waals surface area (Å²) < 4.78 is 23.2. The van der Waals surface area contributed by atoms with Gasteiger partial charge in [-0.25, -0.2) is 13.6 Å². The Morgan fingerprint density at radius 3 is 2.26 bits per heavy atom. The SMILES string of the molecule is C=CC[C@H](C)C(Cc1ccccc1)S(N)(=O)=O.CI. The number of sulfonamides is 1. The molecular formula is C14H22INO2S. The molecule has 1 rings (SSSR count). The summed E-state index contributed by atoms with van der Waals surface area (Å²) in [6, 6.07) is 9.53. The topological polar surface area (TPSA) is 60.2 Å². The van der Waals surface area contributed by atoms with E-state index in [2.05, 4.69) is 29.2 Å². The highest BCUT2D eigenvalue weighted by Gasteiger charge is 2.27. The number of nitrogens with two attached hydrogens (primary N) is 1. The van der Waals surface area contributed by atoms with Crippen LogP contribution in [0.5, 0.6) is 0 Å². The largest absolute Gasteiger partial charge is 0.228 e. The summed E-state index contributed by atoms with van der Waals surface area (Å²) in [5, 5.41) is 4.74. The zero-order valence-electron chi connectivity index (χ0n) is 11.4. The van der Waals surface area contributed by atoms with E-state index in [1.807, 2.05) is 42.2 Å². The van der Waals surface area contributed by atoms with Crippen LogP contribution in [0.4, 0.5) is 0 Å². The van der Waals surface area contributed by atoms with Crippen molar-refractivity contribution in [3.8, 4) is 0 Å². The fourth-order valence-electron chi connectivity index (χ4n) is 1.90. The molecule has 1 unspecified atom stereocenters. The second kappa shape index (κ2) is 9.50. The van der Waals surface area contributed by atoms with Gasteiger partial charge in [0.25, 0.3) is 0 Å². The Hall–Kier alpha value is -0.400. The second-order valence-electron chi connectivity index (χ2n) is 4.32. The Morgan fingerprint density at radius 2 is 1.84 bits per heavy atom. The number of hydrogen-bond donors (Lipinski definition) is 1. The van der Waals surface area contributed by atoms with Crippen molar-refractivity contribution in [2.75, 3.05) is 4.93 Å². The maximum atomic E-state index is 11.6. The van der Waals surface area contributed by atoms with E-state index in [0.29, 0.717) is 12.8 Å². The zero-order valence-corrected chi connectivity index (χ0v) is 14.4. The van der Waals surface area contributed by atoms with Crippen molar-refractivity contribution < 1.29 is 8.42 Å². The van der Waals surface area contributed by atoms with E-state index in [4.69, 9.17) is 5.14 Å². The third-order valence-corrected chi connectivity index (χ3v) is 4.35. The quantitative estimate of drug-likeness (QED) is 0.457. The predicted octanol–water partition coefficient (Wildman–Crippen LogP) is 3.15. The molecule has 0 heterocycles. The van der Waals surface area contributed by atoms with E-state index in [1.165, 1.54) is 0 Å². The first kappa shape index (κ1) is 18.6. The van der Waals surface area contributed by atoms with Gasteiger partial charge in [0, 0.05) is 0 Å². The Balaban J connectivity index is 0.00000154. The molecule has 2 atom stereocenters. The molecule has 2 N–H and O–H groups in total. The van der Waals surface area contributed by atoms with Crippen molar-refractivity contribution in [3.63, 3.8) is 0 Å². The van der Waals surface area contributed by atoms with Crippen LogP contribution in [0.3, 0.4) is 0 Å². The molecule has 0 saturated heterocycles. The van der Waals surface area contributed by atoms with E-state index >= 15 is 0 Å². The third kappa shape index (κ3) is 7.08. The van der Waals surface area contributed by atoms with Crippen LogP contribution in [0.1, 0.15) is 18.9 Å². The van der Waals surface area contributed by atoms with Crippen LogP contribution in [0.15, 0.2) is 43.0 Å². The molecular weight excluding hydrogens is 373 g/mol. The summed E-state index contributed by atoms with van der Waals surface area (Å²) >= 11 is 2.15. The van der Waals surface area contributed by atoms with E-state index < -0.39 is 15.3 Å². The summed E-state index contributed by atoms with van der Waals surface area (Å²) in [5.41, 5.74) is 0.988. The summed E-state index contributed by atoms with van der Waals surface area (Å²) in [7, 11) is -3.53. The first-order valence-corrected chi connectivity index (χ1v) is 9.76. The number of alkyl halides is 1. The number of hydrogen-bond acceptors (Lipinski definition) is 2. The molecule has 0 saturated carbocycles. The monoisotopic (exact) mass is 395 g/mol. The molecule has 19 heavy (non-hydrogen) atoms. The Kier molecular flexibility index (Phi) is 9.30. The molecule has 0 fully saturated rings. The number of rotatable bonds is 6. The minimum absolute atomic E-state index is 0.0253. The summed E-state index contributed by atoms with van der Waals surface area (Å²) in [6.45, 7) is 5.53. The second-order valence-corrected chi connectivity index (χ2v) is 6.10. The number of primary sulfonamides is 1. The first-order chi connectivity index (χ1) is 8.95. The lowest BCUT2D eigenvalue weighted by molar-refractivity contribution is 0.505. The van der Waals surface area contributed by atoms with Crippen molar-refractivity contribution in [2.45, 2.75) is 25.0 Å². The standard InChI is InChI=1S/C13H19NO2S.CH3I/c1-3-7-11(2)13(17(14,15)16)10-12-8-5-4-6-9-12;1-2/h3-6,8-9,11,13H,1,7,10H2,2H3,(H2,14,15,16);1H3/t11-,13?;/m0./s1. The van der Waals surface area contributed by atoms with Crippen LogP contribution >= 0.6 is 22.6 Å². The molecule has 1 aromatic rings. The first-order valence-electron chi connectivity index (χ1n) is 5.99. The predicted molar refractivity (Wildman–Crippen MR) is 91.0 cm³/mol. The van der Waals surface area contributed by atoms with Gasteiger partial charge in [-0.05, 0) is 29.3 Å². The minimum atomic E-state index is -3.53. The van der Waals surface area contributed by atoms with E-state index in [0.717, 1.165) is 5.56 Å². The lowest BCUT2D eigenvalue weighted by Gasteiger charge is -2.21. The smallest absolute Gasteiger partial charge is 0.212 e. The van der Waals surface area contributed by atoms with Crippen LogP contribution in [-0.2, 0) is 16.4 Å². The number of benzene rings is 1. The summed E-state index contributed by atoms with van der Waals surface area (Å²) in [5.74, 6) is -0.0253. The average molecular weight is 395 g/mol. The molecule has 0 radical (unpaired) electrons. The number of allylic oxidation sites excluding steroid dienone is 1. The van der Waals surface area contributed by atoms with Crippen molar-refractivity contribution in [1.29, 1.82) is 0 Å². The highest BCUT2D eigenvalue weighted by molar-refractivity contribution is 14.1. The van der Waals surface area contributed by atoms with Crippen LogP contribution in [0.2, 0.25) is 0 Å². The molecule has 0 spiro atoms. The maximum Gasteiger partial charge on any atom is 0.212 e. The fourth-order valence-corrected chi connectivity index (χ4v) is 3.09. The van der Waals surface area contributed by atoms with Crippen LogP contribution in [0.25, 0.3) is 0 Å². The third-order valence-electron chi connectivity index (χ3n) is 2.87. The van der Waals surface area contributed by atoms with Crippen molar-refractivity contribution in [3.05, 3.63) is 48.6 Å². The fraction of sp³-hybridized carbons (Fsp3) is 0.429. The van der Waals surface area contributed by atoms with Crippen molar-refractivity contribution >= 4 is 32.6 Å². The number of halogens is 1. The van der Waals surface area contributed by atoms with Gasteiger partial charge in [-0.2, -0.15) is 0 Å². The van der Waals surface area contributed by atoms with Crippen molar-refractivity contribution in [1.82, 2.24) is 0 Å². The molecule has 108 valence electrons. The molecule has 5 heteroatoms. The van der Waals surface area contributed by atoms with Gasteiger partial charge < -0.3 is 0 Å². The van der Waals surface area contributed by atoms with Crippen LogP contribution in [-0.4, -0.2) is 18.6 Å². The summed E-state index contributed by atoms with van der Waals surface area (Å²) in [6.07, 6.45) is 2.83. The van der Waals surface area contributed by atoms with Gasteiger partial charge in [-0.15, -0.1) is 6.58 Å². The van der Waals surface area contributed by atoms with Gasteiger partial charge in [0.05, 0.1) is 5.25 Å². The summed E-state index contributed by atoms with van der Waals surface area (Å²) in [4.78, 5) is 1.97. The minimum Gasteiger partial charge on any atom is -0.228 e. The average Bonchev–Trinajstić information content (AvgIpc) is 2.38. The lowest BCUT2D eigenvalue weighted by Crippen LogP contribution is -2.35. The molecule has 0 aliphatic rings. The van der Waals surface area contributed by atoms with Gasteiger partial charge >= 0.3 is 0 Å². The zero-order chi connectivity index (χ0) is 14.9. The van der Waals surface area contributed by atoms with Gasteiger partial charge in [0.2, 0.25) is 10.0 Å². The van der Waals surface area contributed by atoms with Gasteiger partial charge in [-0.1, -0.05) is 65.9 Å².